The van der Waals surface area contributed by atoms with E-state index in [1.54, 1.807) is 11.9 Å². The van der Waals surface area contributed by atoms with Crippen LogP contribution in [0.2, 0.25) is 0 Å². The smallest absolute Gasteiger partial charge is 0.253 e. The first-order chi connectivity index (χ1) is 7.06. The molecule has 15 heavy (non-hydrogen) atoms. The van der Waals surface area contributed by atoms with Crippen LogP contribution in [0.15, 0.2) is 22.7 Å². The maximum absolute atomic E-state index is 11.8. The number of likely N-dealkylation sites (N-methyl/N-ethyl adjacent to an activating group) is 1. The van der Waals surface area contributed by atoms with Crippen LogP contribution in [0.25, 0.3) is 0 Å². The number of halogens is 1. The van der Waals surface area contributed by atoms with Crippen LogP contribution in [-0.4, -0.2) is 30.9 Å². The minimum atomic E-state index is 0.00106. The summed E-state index contributed by atoms with van der Waals surface area (Å²) < 4.78 is 0.953. The summed E-state index contributed by atoms with van der Waals surface area (Å²) in [6, 6.07) is 5.59. The van der Waals surface area contributed by atoms with Crippen molar-refractivity contribution in [1.82, 2.24) is 4.90 Å². The SMILES string of the molecule is Cc1ccc(C(=O)N(C)CCN)cc1Br. The minimum absolute atomic E-state index is 0.00106. The van der Waals surface area contributed by atoms with E-state index in [2.05, 4.69) is 15.9 Å². The second kappa shape index (κ2) is 5.28. The molecule has 82 valence electrons. The largest absolute Gasteiger partial charge is 0.340 e. The lowest BCUT2D eigenvalue weighted by Gasteiger charge is -2.16. The molecule has 1 aromatic carbocycles. The molecule has 1 rings (SSSR count). The molecule has 0 saturated heterocycles. The number of benzene rings is 1. The van der Waals surface area contributed by atoms with Crippen molar-refractivity contribution in [2.75, 3.05) is 20.1 Å². The summed E-state index contributed by atoms with van der Waals surface area (Å²) in [5.74, 6) is 0.00106. The Bertz CT molecular complexity index is 366. The number of amides is 1. The molecular weight excluding hydrogens is 256 g/mol. The molecule has 2 N–H and O–H groups in total. The average Bonchev–Trinajstić information content (AvgIpc) is 2.21. The van der Waals surface area contributed by atoms with Crippen LogP contribution >= 0.6 is 15.9 Å². The molecule has 0 heterocycles. The maximum Gasteiger partial charge on any atom is 0.253 e. The third-order valence-corrected chi connectivity index (χ3v) is 3.08. The summed E-state index contributed by atoms with van der Waals surface area (Å²) in [5, 5.41) is 0. The van der Waals surface area contributed by atoms with E-state index in [9.17, 15) is 4.79 Å². The fourth-order valence-corrected chi connectivity index (χ4v) is 1.62. The van der Waals surface area contributed by atoms with Gasteiger partial charge in [-0.1, -0.05) is 22.0 Å². The van der Waals surface area contributed by atoms with E-state index >= 15 is 0 Å². The number of carbonyl (C=O) groups is 1. The van der Waals surface area contributed by atoms with Crippen molar-refractivity contribution in [3.05, 3.63) is 33.8 Å². The quantitative estimate of drug-likeness (QED) is 0.911. The van der Waals surface area contributed by atoms with Gasteiger partial charge in [0.05, 0.1) is 0 Å². The van der Waals surface area contributed by atoms with Crippen LogP contribution in [0, 0.1) is 6.92 Å². The Hall–Kier alpha value is -0.870. The first-order valence-corrected chi connectivity index (χ1v) is 5.57. The molecule has 0 fully saturated rings. The summed E-state index contributed by atoms with van der Waals surface area (Å²) in [7, 11) is 1.75. The lowest BCUT2D eigenvalue weighted by atomic mass is 10.1. The predicted molar refractivity (Wildman–Crippen MR) is 64.9 cm³/mol. The normalized spacial score (nSPS) is 10.1. The molecule has 0 radical (unpaired) electrons. The van der Waals surface area contributed by atoms with E-state index in [1.165, 1.54) is 0 Å². The second-order valence-corrected chi connectivity index (χ2v) is 4.33. The third-order valence-electron chi connectivity index (χ3n) is 2.23. The van der Waals surface area contributed by atoms with Gasteiger partial charge in [-0.3, -0.25) is 4.79 Å². The molecule has 3 nitrogen and oxygen atoms in total. The molecule has 0 aromatic heterocycles. The number of carbonyl (C=O) groups excluding carboxylic acids is 1. The zero-order valence-electron chi connectivity index (χ0n) is 8.96. The van der Waals surface area contributed by atoms with Gasteiger partial charge in [-0.2, -0.15) is 0 Å². The molecule has 4 heteroatoms. The number of nitrogens with two attached hydrogens (primary N) is 1. The maximum atomic E-state index is 11.8. The van der Waals surface area contributed by atoms with Gasteiger partial charge in [-0.25, -0.2) is 0 Å². The highest BCUT2D eigenvalue weighted by Gasteiger charge is 2.11. The lowest BCUT2D eigenvalue weighted by Crippen LogP contribution is -2.31. The Balaban J connectivity index is 2.87. The topological polar surface area (TPSA) is 46.3 Å². The highest BCUT2D eigenvalue weighted by molar-refractivity contribution is 9.10. The first kappa shape index (κ1) is 12.2. The lowest BCUT2D eigenvalue weighted by molar-refractivity contribution is 0.0799. The van der Waals surface area contributed by atoms with Crippen molar-refractivity contribution in [3.8, 4) is 0 Å². The fourth-order valence-electron chi connectivity index (χ4n) is 1.24. The molecule has 0 aliphatic rings. The van der Waals surface area contributed by atoms with Gasteiger partial charge in [0.2, 0.25) is 0 Å². The molecule has 1 aromatic rings. The summed E-state index contributed by atoms with van der Waals surface area (Å²) >= 11 is 3.41. The molecule has 0 atom stereocenters. The van der Waals surface area contributed by atoms with Crippen LogP contribution in [0.5, 0.6) is 0 Å². The van der Waals surface area contributed by atoms with Crippen molar-refractivity contribution in [2.24, 2.45) is 5.73 Å². The minimum Gasteiger partial charge on any atom is -0.340 e. The van der Waals surface area contributed by atoms with Gasteiger partial charge in [0.1, 0.15) is 0 Å². The predicted octanol–water partition coefficient (Wildman–Crippen LogP) is 1.79. The number of nitrogens with zero attached hydrogens (tertiary/aromatic N) is 1. The van der Waals surface area contributed by atoms with Crippen molar-refractivity contribution in [2.45, 2.75) is 6.92 Å². The van der Waals surface area contributed by atoms with E-state index in [4.69, 9.17) is 5.73 Å². The molecule has 1 amide bonds. The van der Waals surface area contributed by atoms with Gasteiger partial charge in [0, 0.05) is 30.2 Å². The van der Waals surface area contributed by atoms with Gasteiger partial charge < -0.3 is 10.6 Å². The molecular formula is C11H15BrN2O. The van der Waals surface area contributed by atoms with Crippen molar-refractivity contribution in [3.63, 3.8) is 0 Å². The van der Waals surface area contributed by atoms with Gasteiger partial charge in [0.15, 0.2) is 0 Å². The average molecular weight is 271 g/mol. The van der Waals surface area contributed by atoms with Crippen LogP contribution in [0.1, 0.15) is 15.9 Å². The number of hydrogen-bond donors (Lipinski definition) is 1. The van der Waals surface area contributed by atoms with Crippen LogP contribution in [0.3, 0.4) is 0 Å². The van der Waals surface area contributed by atoms with Crippen molar-refractivity contribution in [1.29, 1.82) is 0 Å². The Morgan fingerprint density at radius 3 is 2.73 bits per heavy atom. The molecule has 0 saturated carbocycles. The van der Waals surface area contributed by atoms with Gasteiger partial charge in [0.25, 0.3) is 5.91 Å². The van der Waals surface area contributed by atoms with E-state index in [-0.39, 0.29) is 5.91 Å². The van der Waals surface area contributed by atoms with E-state index in [0.29, 0.717) is 18.7 Å². The van der Waals surface area contributed by atoms with Gasteiger partial charge in [-0.05, 0) is 24.6 Å². The summed E-state index contributed by atoms with van der Waals surface area (Å²) in [6.07, 6.45) is 0. The first-order valence-electron chi connectivity index (χ1n) is 4.78. The van der Waals surface area contributed by atoms with Crippen LogP contribution < -0.4 is 5.73 Å². The molecule has 0 bridgehead atoms. The standard InChI is InChI=1S/C11H15BrN2O/c1-8-3-4-9(7-10(8)12)11(15)14(2)6-5-13/h3-4,7H,5-6,13H2,1-2H3. The second-order valence-electron chi connectivity index (χ2n) is 3.48. The highest BCUT2D eigenvalue weighted by Crippen LogP contribution is 2.18. The number of aryl methyl sites for hydroxylation is 1. The third kappa shape index (κ3) is 3.04. The van der Waals surface area contributed by atoms with Crippen molar-refractivity contribution >= 4 is 21.8 Å². The Morgan fingerprint density at radius 1 is 1.53 bits per heavy atom. The Kier molecular flexibility index (Phi) is 4.29. The molecule has 0 aliphatic heterocycles. The molecule has 0 unspecified atom stereocenters. The molecule has 0 spiro atoms. The van der Waals surface area contributed by atoms with E-state index < -0.39 is 0 Å². The Morgan fingerprint density at radius 2 is 2.20 bits per heavy atom. The van der Waals surface area contributed by atoms with E-state index in [0.717, 1.165) is 10.0 Å². The number of rotatable bonds is 3. The monoisotopic (exact) mass is 270 g/mol. The molecule has 0 aliphatic carbocycles. The van der Waals surface area contributed by atoms with Crippen LogP contribution in [0.4, 0.5) is 0 Å². The van der Waals surface area contributed by atoms with Crippen LogP contribution in [-0.2, 0) is 0 Å². The summed E-state index contributed by atoms with van der Waals surface area (Å²) in [4.78, 5) is 13.5. The fraction of sp³-hybridized carbons (Fsp3) is 0.364. The summed E-state index contributed by atoms with van der Waals surface area (Å²) in [5.41, 5.74) is 7.20. The van der Waals surface area contributed by atoms with Crippen molar-refractivity contribution < 1.29 is 4.79 Å². The van der Waals surface area contributed by atoms with E-state index in [1.807, 2.05) is 25.1 Å². The highest BCUT2D eigenvalue weighted by atomic mass is 79.9. The number of hydrogen-bond acceptors (Lipinski definition) is 2. The summed E-state index contributed by atoms with van der Waals surface area (Å²) in [6.45, 7) is 3.04. The van der Waals surface area contributed by atoms with Gasteiger partial charge in [-0.15, -0.1) is 0 Å². The van der Waals surface area contributed by atoms with Gasteiger partial charge >= 0.3 is 0 Å². The zero-order chi connectivity index (χ0) is 11.4. The Labute approximate surface area is 98.4 Å². The zero-order valence-corrected chi connectivity index (χ0v) is 10.5.